The Morgan fingerprint density at radius 3 is 2.70 bits per heavy atom. The highest BCUT2D eigenvalue weighted by molar-refractivity contribution is 8.26. The van der Waals surface area contributed by atoms with Crippen molar-refractivity contribution in [3.63, 3.8) is 0 Å². The molecule has 1 fully saturated rings. The number of halogens is 1. The number of pyridine rings is 1. The number of fused-ring (bicyclic) bond motifs is 1. The molecule has 1 aliphatic rings. The van der Waals surface area contributed by atoms with Gasteiger partial charge in [-0.05, 0) is 36.8 Å². The first-order valence-corrected chi connectivity index (χ1v) is 12.3. The average Bonchev–Trinajstić information content (AvgIpc) is 3.08. The molecule has 0 radical (unpaired) electrons. The number of nitrogens with zero attached hydrogens (tertiary/aromatic N) is 3. The molecule has 1 aliphatic heterocycles. The van der Waals surface area contributed by atoms with Crippen LogP contribution >= 0.6 is 35.6 Å². The van der Waals surface area contributed by atoms with Gasteiger partial charge in [0.1, 0.15) is 21.3 Å². The van der Waals surface area contributed by atoms with Crippen molar-refractivity contribution < 1.29 is 9.53 Å². The number of thiocarbonyl (C=S) groups is 1. The Morgan fingerprint density at radius 2 is 1.91 bits per heavy atom. The van der Waals surface area contributed by atoms with Crippen molar-refractivity contribution in [3.8, 4) is 11.6 Å². The summed E-state index contributed by atoms with van der Waals surface area (Å²) in [5.41, 5.74) is 0.228. The van der Waals surface area contributed by atoms with Crippen molar-refractivity contribution in [1.82, 2.24) is 14.3 Å². The number of benzene rings is 1. The van der Waals surface area contributed by atoms with E-state index >= 15 is 0 Å². The summed E-state index contributed by atoms with van der Waals surface area (Å²) >= 11 is 12.9. The molecular weight excluding hydrogens is 478 g/mol. The molecule has 0 spiro atoms. The summed E-state index contributed by atoms with van der Waals surface area (Å²) in [6, 6.07) is 12.2. The molecule has 1 aromatic carbocycles. The summed E-state index contributed by atoms with van der Waals surface area (Å²) in [4.78, 5) is 32.9. The molecule has 0 saturated carbocycles. The molecule has 0 atom stereocenters. The van der Waals surface area contributed by atoms with Gasteiger partial charge in [-0.25, -0.2) is 0 Å². The van der Waals surface area contributed by atoms with Crippen molar-refractivity contribution in [2.24, 2.45) is 0 Å². The number of carbonyl (C=O) groups excluding carboxylic acids is 1. The van der Waals surface area contributed by atoms with Crippen LogP contribution in [0.2, 0.25) is 5.02 Å². The maximum Gasteiger partial charge on any atom is 0.269 e. The van der Waals surface area contributed by atoms with Crippen LogP contribution in [-0.2, 0) is 4.79 Å². The number of hydrogen-bond donors (Lipinski definition) is 0. The molecule has 1 saturated heterocycles. The van der Waals surface area contributed by atoms with E-state index in [1.165, 1.54) is 22.2 Å². The minimum absolute atomic E-state index is 0.0764. The SMILES string of the molecule is CCCCCCN1C(=O)/C(=C\c2c(Oc3ccccc3Cl)nc3ccccn3c2=O)SC1=S. The molecule has 170 valence electrons. The van der Waals surface area contributed by atoms with E-state index in [1.807, 2.05) is 0 Å². The van der Waals surface area contributed by atoms with Gasteiger partial charge >= 0.3 is 0 Å². The average molecular weight is 500 g/mol. The Kier molecular flexibility index (Phi) is 7.47. The van der Waals surface area contributed by atoms with Crippen molar-refractivity contribution in [3.05, 3.63) is 74.5 Å². The number of para-hydroxylation sites is 1. The second-order valence-corrected chi connectivity index (χ2v) is 9.57. The zero-order valence-corrected chi connectivity index (χ0v) is 20.4. The number of hydrogen-bond acceptors (Lipinski definition) is 6. The standard InChI is InChI=1S/C24H22ClN3O3S2/c1-2-3-4-8-14-28-23(30)19(33-24(28)32)15-16-21(31-18-11-6-5-10-17(18)25)26-20-12-7-9-13-27(20)22(16)29/h5-7,9-13,15H,2-4,8,14H2,1H3/b19-15+. The molecule has 2 aromatic heterocycles. The van der Waals surface area contributed by atoms with E-state index in [0.29, 0.717) is 32.2 Å². The smallest absolute Gasteiger partial charge is 0.269 e. The maximum atomic E-state index is 13.3. The van der Waals surface area contributed by atoms with Gasteiger partial charge in [-0.1, -0.05) is 80.0 Å². The fourth-order valence-electron chi connectivity index (χ4n) is 3.44. The lowest BCUT2D eigenvalue weighted by Crippen LogP contribution is -2.29. The van der Waals surface area contributed by atoms with Crippen LogP contribution in [0.25, 0.3) is 11.7 Å². The summed E-state index contributed by atoms with van der Waals surface area (Å²) < 4.78 is 7.86. The Bertz CT molecular complexity index is 1310. The van der Waals surface area contributed by atoms with Crippen LogP contribution in [0.3, 0.4) is 0 Å². The monoisotopic (exact) mass is 499 g/mol. The Hall–Kier alpha value is -2.68. The minimum atomic E-state index is -0.351. The normalized spacial score (nSPS) is 15.1. The predicted octanol–water partition coefficient (Wildman–Crippen LogP) is 5.92. The quantitative estimate of drug-likeness (QED) is 0.218. The van der Waals surface area contributed by atoms with Gasteiger partial charge in [0, 0.05) is 12.7 Å². The van der Waals surface area contributed by atoms with Crippen LogP contribution in [0.1, 0.15) is 38.2 Å². The predicted molar refractivity (Wildman–Crippen MR) is 137 cm³/mol. The molecule has 3 heterocycles. The van der Waals surface area contributed by atoms with Crippen LogP contribution in [-0.4, -0.2) is 31.1 Å². The largest absolute Gasteiger partial charge is 0.437 e. The molecular formula is C24H22ClN3O3S2. The summed E-state index contributed by atoms with van der Waals surface area (Å²) in [6.07, 6.45) is 7.30. The number of thioether (sulfide) groups is 1. The molecule has 1 amide bonds. The Labute approximate surface area is 206 Å². The molecule has 0 unspecified atom stereocenters. The topological polar surface area (TPSA) is 63.9 Å². The molecule has 3 aromatic rings. The summed E-state index contributed by atoms with van der Waals surface area (Å²) in [7, 11) is 0. The van der Waals surface area contributed by atoms with Crippen LogP contribution < -0.4 is 10.3 Å². The van der Waals surface area contributed by atoms with Crippen molar-refractivity contribution in [1.29, 1.82) is 0 Å². The van der Waals surface area contributed by atoms with E-state index in [4.69, 9.17) is 28.6 Å². The van der Waals surface area contributed by atoms with E-state index < -0.39 is 0 Å². The highest BCUT2D eigenvalue weighted by Crippen LogP contribution is 2.35. The lowest BCUT2D eigenvalue weighted by atomic mass is 10.2. The van der Waals surface area contributed by atoms with Gasteiger partial charge < -0.3 is 4.74 Å². The number of unbranched alkanes of at least 4 members (excludes halogenated alkanes) is 3. The second kappa shape index (κ2) is 10.5. The Balaban J connectivity index is 1.73. The maximum absolute atomic E-state index is 13.3. The third-order valence-corrected chi connectivity index (χ3v) is 6.85. The Morgan fingerprint density at radius 1 is 1.12 bits per heavy atom. The van der Waals surface area contributed by atoms with Crippen molar-refractivity contribution in [2.75, 3.05) is 6.54 Å². The second-order valence-electron chi connectivity index (χ2n) is 7.49. The molecule has 6 nitrogen and oxygen atoms in total. The first kappa shape index (κ1) is 23.5. The minimum Gasteiger partial charge on any atom is -0.437 e. The fraction of sp³-hybridized carbons (Fsp3) is 0.250. The lowest BCUT2D eigenvalue weighted by Gasteiger charge is -2.14. The zero-order chi connectivity index (χ0) is 23.4. The van der Waals surface area contributed by atoms with Gasteiger partial charge in [0.05, 0.1) is 9.93 Å². The summed E-state index contributed by atoms with van der Waals surface area (Å²) in [6.45, 7) is 2.71. The first-order chi connectivity index (χ1) is 16.0. The van der Waals surface area contributed by atoms with E-state index in [0.717, 1.165) is 25.7 Å². The van der Waals surface area contributed by atoms with Crippen LogP contribution in [0.5, 0.6) is 11.6 Å². The van der Waals surface area contributed by atoms with Crippen LogP contribution in [0.4, 0.5) is 0 Å². The van der Waals surface area contributed by atoms with Gasteiger partial charge in [0.2, 0.25) is 5.88 Å². The zero-order valence-electron chi connectivity index (χ0n) is 18.0. The van der Waals surface area contributed by atoms with Gasteiger partial charge in [-0.2, -0.15) is 4.98 Å². The molecule has 0 bridgehead atoms. The van der Waals surface area contributed by atoms with E-state index in [1.54, 1.807) is 53.6 Å². The van der Waals surface area contributed by atoms with E-state index in [9.17, 15) is 9.59 Å². The van der Waals surface area contributed by atoms with Crippen LogP contribution in [0.15, 0.2) is 58.4 Å². The lowest BCUT2D eigenvalue weighted by molar-refractivity contribution is -0.122. The summed E-state index contributed by atoms with van der Waals surface area (Å²) in [5.74, 6) is 0.236. The third kappa shape index (κ3) is 5.13. The number of ether oxygens (including phenoxy) is 1. The third-order valence-electron chi connectivity index (χ3n) is 5.16. The highest BCUT2D eigenvalue weighted by atomic mass is 35.5. The number of aromatic nitrogens is 2. The van der Waals surface area contributed by atoms with Crippen LogP contribution in [0, 0.1) is 0 Å². The fourth-order valence-corrected chi connectivity index (χ4v) is 4.90. The van der Waals surface area contributed by atoms with E-state index in [2.05, 4.69) is 11.9 Å². The molecule has 33 heavy (non-hydrogen) atoms. The van der Waals surface area contributed by atoms with Gasteiger partial charge in [0.15, 0.2) is 0 Å². The number of rotatable bonds is 8. The highest BCUT2D eigenvalue weighted by Gasteiger charge is 2.32. The molecule has 9 heteroatoms. The van der Waals surface area contributed by atoms with Gasteiger partial charge in [-0.3, -0.25) is 18.9 Å². The van der Waals surface area contributed by atoms with Gasteiger partial charge in [0.25, 0.3) is 11.5 Å². The van der Waals surface area contributed by atoms with Crippen molar-refractivity contribution in [2.45, 2.75) is 32.6 Å². The molecule has 0 aliphatic carbocycles. The number of amides is 1. The number of carbonyl (C=O) groups is 1. The first-order valence-electron chi connectivity index (χ1n) is 10.7. The van der Waals surface area contributed by atoms with Crippen molar-refractivity contribution >= 4 is 57.5 Å². The molecule has 0 N–H and O–H groups in total. The summed E-state index contributed by atoms with van der Waals surface area (Å²) in [5, 5.41) is 0.386. The molecule has 4 rings (SSSR count). The van der Waals surface area contributed by atoms with Gasteiger partial charge in [-0.15, -0.1) is 0 Å². The van der Waals surface area contributed by atoms with E-state index in [-0.39, 0.29) is 22.9 Å².